The van der Waals surface area contributed by atoms with E-state index in [-0.39, 0.29) is 17.9 Å². The molecule has 158 valence electrons. The molecule has 9 heteroatoms. The van der Waals surface area contributed by atoms with Crippen LogP contribution in [0.2, 0.25) is 0 Å². The second-order valence-corrected chi connectivity index (χ2v) is 8.12. The molecule has 0 radical (unpaired) electrons. The summed E-state index contributed by atoms with van der Waals surface area (Å²) in [7, 11) is 0. The second kappa shape index (κ2) is 7.57. The van der Waals surface area contributed by atoms with E-state index < -0.39 is 0 Å². The lowest BCUT2D eigenvalue weighted by Gasteiger charge is -2.40. The first-order chi connectivity index (χ1) is 15.0. The summed E-state index contributed by atoms with van der Waals surface area (Å²) in [6.07, 6.45) is 6.06. The van der Waals surface area contributed by atoms with Crippen molar-refractivity contribution in [1.29, 1.82) is 0 Å². The summed E-state index contributed by atoms with van der Waals surface area (Å²) in [5, 5.41) is 0. The molecule has 3 aromatic heterocycles. The molecule has 2 N–H and O–H groups in total. The van der Waals surface area contributed by atoms with Gasteiger partial charge in [0.2, 0.25) is 5.91 Å². The van der Waals surface area contributed by atoms with Crippen LogP contribution in [0, 0.1) is 12.8 Å². The van der Waals surface area contributed by atoms with Crippen molar-refractivity contribution in [2.45, 2.75) is 26.3 Å². The van der Waals surface area contributed by atoms with Gasteiger partial charge < -0.3 is 15.5 Å². The van der Waals surface area contributed by atoms with Crippen LogP contribution in [0.4, 0.5) is 11.5 Å². The number of aryl methyl sites for hydroxylation is 1. The van der Waals surface area contributed by atoms with Gasteiger partial charge in [0, 0.05) is 67.7 Å². The maximum Gasteiger partial charge on any atom is 0.224 e. The van der Waals surface area contributed by atoms with Crippen LogP contribution >= 0.6 is 0 Å². The highest BCUT2D eigenvalue weighted by molar-refractivity contribution is 5.80. The molecule has 31 heavy (non-hydrogen) atoms. The Morgan fingerprint density at radius 3 is 2.61 bits per heavy atom. The fraction of sp³-hybridized carbons (Fsp3) is 0.364. The van der Waals surface area contributed by atoms with E-state index in [1.807, 2.05) is 13.1 Å². The second-order valence-electron chi connectivity index (χ2n) is 8.12. The van der Waals surface area contributed by atoms with Crippen molar-refractivity contribution in [3.63, 3.8) is 0 Å². The number of primary amides is 1. The number of rotatable bonds is 4. The molecule has 3 aromatic rings. The molecule has 0 aromatic carbocycles. The highest BCUT2D eigenvalue weighted by Gasteiger charge is 2.32. The Hall–Kier alpha value is -3.62. The zero-order valence-electron chi connectivity index (χ0n) is 17.6. The predicted octanol–water partition coefficient (Wildman–Crippen LogP) is 1.68. The standard InChI is InChI=1S/C22H24N8O/c1-13-8-16(29-11-15(12-29)20(23)31)9-19(27-13)30-7-4-18-17(14(30)2)10-26-22(28-18)21-24-5-3-6-25-21/h3,5-6,8-10,14-15H,4,7,11-12H2,1-2H3,(H2,23,31). The van der Waals surface area contributed by atoms with Gasteiger partial charge in [-0.1, -0.05) is 0 Å². The van der Waals surface area contributed by atoms with Gasteiger partial charge in [-0.3, -0.25) is 4.79 Å². The van der Waals surface area contributed by atoms with E-state index in [2.05, 4.69) is 43.8 Å². The monoisotopic (exact) mass is 416 g/mol. The van der Waals surface area contributed by atoms with Crippen LogP contribution in [-0.4, -0.2) is 50.5 Å². The molecule has 1 atom stereocenters. The maximum absolute atomic E-state index is 11.4. The van der Waals surface area contributed by atoms with Crippen LogP contribution in [0.15, 0.2) is 36.8 Å². The minimum Gasteiger partial charge on any atom is -0.370 e. The topological polar surface area (TPSA) is 114 Å². The Balaban J connectivity index is 1.40. The number of carbonyl (C=O) groups is 1. The number of carbonyl (C=O) groups excluding carboxylic acids is 1. The SMILES string of the molecule is Cc1cc(N2CC(C(N)=O)C2)cc(N2CCc3nc(-c4ncccn4)ncc3C2C)n1. The smallest absolute Gasteiger partial charge is 0.224 e. The van der Waals surface area contributed by atoms with Gasteiger partial charge in [0.1, 0.15) is 5.82 Å². The van der Waals surface area contributed by atoms with E-state index >= 15 is 0 Å². The van der Waals surface area contributed by atoms with Gasteiger partial charge >= 0.3 is 0 Å². The van der Waals surface area contributed by atoms with E-state index in [1.165, 1.54) is 0 Å². The molecule has 0 aliphatic carbocycles. The van der Waals surface area contributed by atoms with Gasteiger partial charge in [-0.25, -0.2) is 24.9 Å². The van der Waals surface area contributed by atoms with E-state index in [0.717, 1.165) is 41.4 Å². The van der Waals surface area contributed by atoms with E-state index in [1.54, 1.807) is 18.5 Å². The van der Waals surface area contributed by atoms with Crippen molar-refractivity contribution in [1.82, 2.24) is 24.9 Å². The van der Waals surface area contributed by atoms with E-state index in [0.29, 0.717) is 24.7 Å². The van der Waals surface area contributed by atoms with Crippen molar-refractivity contribution >= 4 is 17.4 Å². The van der Waals surface area contributed by atoms with Crippen LogP contribution in [0.5, 0.6) is 0 Å². The predicted molar refractivity (Wildman–Crippen MR) is 116 cm³/mol. The number of anilines is 2. The van der Waals surface area contributed by atoms with E-state index in [9.17, 15) is 4.79 Å². The molecule has 1 unspecified atom stereocenters. The molecule has 9 nitrogen and oxygen atoms in total. The molecule has 5 rings (SSSR count). The quantitative estimate of drug-likeness (QED) is 0.683. The van der Waals surface area contributed by atoms with Crippen LogP contribution in [0.1, 0.15) is 29.9 Å². The average molecular weight is 416 g/mol. The number of pyridine rings is 1. The van der Waals surface area contributed by atoms with Crippen molar-refractivity contribution < 1.29 is 4.79 Å². The van der Waals surface area contributed by atoms with Crippen molar-refractivity contribution in [2.75, 3.05) is 29.4 Å². The van der Waals surface area contributed by atoms with Crippen molar-refractivity contribution in [3.8, 4) is 11.6 Å². The highest BCUT2D eigenvalue weighted by atomic mass is 16.1. The largest absolute Gasteiger partial charge is 0.370 e. The molecule has 2 aliphatic heterocycles. The number of hydrogen-bond donors (Lipinski definition) is 1. The molecule has 1 fully saturated rings. The van der Waals surface area contributed by atoms with Gasteiger partial charge in [0.25, 0.3) is 0 Å². The number of amides is 1. The van der Waals surface area contributed by atoms with Gasteiger partial charge in [-0.2, -0.15) is 0 Å². The summed E-state index contributed by atoms with van der Waals surface area (Å²) in [5.41, 5.74) is 9.56. The Morgan fingerprint density at radius 1 is 1.10 bits per heavy atom. The van der Waals surface area contributed by atoms with Gasteiger partial charge in [-0.15, -0.1) is 0 Å². The Labute approximate surface area is 180 Å². The molecule has 0 spiro atoms. The number of fused-ring (bicyclic) bond motifs is 1. The number of hydrogen-bond acceptors (Lipinski definition) is 8. The first kappa shape index (κ1) is 19.3. The lowest BCUT2D eigenvalue weighted by atomic mass is 9.98. The molecular weight excluding hydrogens is 392 g/mol. The van der Waals surface area contributed by atoms with Gasteiger partial charge in [0.15, 0.2) is 11.6 Å². The first-order valence-electron chi connectivity index (χ1n) is 10.4. The summed E-state index contributed by atoms with van der Waals surface area (Å²) in [6.45, 7) is 6.27. The third kappa shape index (κ3) is 3.56. The summed E-state index contributed by atoms with van der Waals surface area (Å²) in [6, 6.07) is 6.02. The third-order valence-corrected chi connectivity index (χ3v) is 6.04. The minimum absolute atomic E-state index is 0.0716. The number of nitrogens with two attached hydrogens (primary N) is 1. The molecule has 0 bridgehead atoms. The van der Waals surface area contributed by atoms with Crippen molar-refractivity contribution in [3.05, 3.63) is 53.7 Å². The zero-order chi connectivity index (χ0) is 21.5. The molecule has 0 saturated carbocycles. The summed E-state index contributed by atoms with van der Waals surface area (Å²) >= 11 is 0. The Morgan fingerprint density at radius 2 is 1.87 bits per heavy atom. The zero-order valence-corrected chi connectivity index (χ0v) is 17.6. The average Bonchev–Trinajstić information content (AvgIpc) is 2.72. The number of aromatic nitrogens is 5. The summed E-state index contributed by atoms with van der Waals surface area (Å²) < 4.78 is 0. The third-order valence-electron chi connectivity index (χ3n) is 6.04. The van der Waals surface area contributed by atoms with Crippen LogP contribution in [0.25, 0.3) is 11.6 Å². The van der Waals surface area contributed by atoms with Gasteiger partial charge in [-0.05, 0) is 26.0 Å². The summed E-state index contributed by atoms with van der Waals surface area (Å²) in [5.74, 6) is 1.71. The van der Waals surface area contributed by atoms with Crippen LogP contribution < -0.4 is 15.5 Å². The fourth-order valence-electron chi connectivity index (χ4n) is 4.23. The lowest BCUT2D eigenvalue weighted by molar-refractivity contribution is -0.122. The normalized spacial score (nSPS) is 18.5. The first-order valence-corrected chi connectivity index (χ1v) is 10.4. The summed E-state index contributed by atoms with van der Waals surface area (Å²) in [4.78, 5) is 38.4. The molecule has 1 saturated heterocycles. The Kier molecular flexibility index (Phi) is 4.72. The van der Waals surface area contributed by atoms with Crippen molar-refractivity contribution in [2.24, 2.45) is 11.7 Å². The minimum atomic E-state index is -0.233. The molecule has 1 amide bonds. The number of nitrogens with zero attached hydrogens (tertiary/aromatic N) is 7. The van der Waals surface area contributed by atoms with Crippen LogP contribution in [-0.2, 0) is 11.2 Å². The molecule has 2 aliphatic rings. The molecular formula is C22H24N8O. The molecule has 5 heterocycles. The van der Waals surface area contributed by atoms with E-state index in [4.69, 9.17) is 15.7 Å². The maximum atomic E-state index is 11.4. The lowest BCUT2D eigenvalue weighted by Crippen LogP contribution is -2.52. The highest BCUT2D eigenvalue weighted by Crippen LogP contribution is 2.35. The van der Waals surface area contributed by atoms with Crippen LogP contribution in [0.3, 0.4) is 0 Å². The fourth-order valence-corrected chi connectivity index (χ4v) is 4.23. The Bertz CT molecular complexity index is 1130. The van der Waals surface area contributed by atoms with Gasteiger partial charge in [0.05, 0.1) is 17.7 Å².